The van der Waals surface area contributed by atoms with Crippen molar-refractivity contribution in [1.29, 1.82) is 0 Å². The molecular formula is C19H22N2O3. The highest BCUT2D eigenvalue weighted by atomic mass is 16.5. The van der Waals surface area contributed by atoms with Gasteiger partial charge in [0.1, 0.15) is 5.75 Å². The zero-order chi connectivity index (χ0) is 17.5. The number of ether oxygens (including phenoxy) is 1. The number of nitrogens with one attached hydrogen (secondary N) is 2. The topological polar surface area (TPSA) is 67.4 Å². The smallest absolute Gasteiger partial charge is 0.279 e. The van der Waals surface area contributed by atoms with Crippen LogP contribution in [0.5, 0.6) is 5.75 Å². The molecule has 2 rings (SSSR count). The maximum absolute atomic E-state index is 12.1. The van der Waals surface area contributed by atoms with Gasteiger partial charge in [-0.2, -0.15) is 0 Å². The molecule has 0 aliphatic rings. The molecule has 5 nitrogen and oxygen atoms in total. The minimum absolute atomic E-state index is 0.360. The summed E-state index contributed by atoms with van der Waals surface area (Å²) in [5.41, 5.74) is 7.35. The molecule has 0 aromatic heterocycles. The minimum Gasteiger partial charge on any atom is -0.481 e. The molecule has 0 bridgehead atoms. The number of benzene rings is 2. The second-order valence-corrected chi connectivity index (χ2v) is 5.52. The number of carbonyl (C=O) groups is 2. The van der Waals surface area contributed by atoms with Gasteiger partial charge in [-0.15, -0.1) is 0 Å². The molecular weight excluding hydrogens is 304 g/mol. The van der Waals surface area contributed by atoms with E-state index in [0.717, 1.165) is 12.0 Å². The molecule has 24 heavy (non-hydrogen) atoms. The first-order valence-electron chi connectivity index (χ1n) is 7.92. The summed E-state index contributed by atoms with van der Waals surface area (Å²) in [6, 6.07) is 14.7. The maximum Gasteiger partial charge on any atom is 0.279 e. The van der Waals surface area contributed by atoms with Crippen molar-refractivity contribution in [2.24, 2.45) is 0 Å². The second kappa shape index (κ2) is 8.15. The van der Waals surface area contributed by atoms with Gasteiger partial charge in [0, 0.05) is 5.56 Å². The average molecular weight is 326 g/mol. The molecule has 0 saturated heterocycles. The Balaban J connectivity index is 1.87. The van der Waals surface area contributed by atoms with Crippen LogP contribution in [0.3, 0.4) is 0 Å². The fourth-order valence-electron chi connectivity index (χ4n) is 2.18. The van der Waals surface area contributed by atoms with Crippen molar-refractivity contribution in [2.45, 2.75) is 33.3 Å². The van der Waals surface area contributed by atoms with Gasteiger partial charge in [-0.25, -0.2) is 0 Å². The monoisotopic (exact) mass is 326 g/mol. The summed E-state index contributed by atoms with van der Waals surface area (Å²) in [4.78, 5) is 24.1. The Morgan fingerprint density at radius 2 is 1.71 bits per heavy atom. The van der Waals surface area contributed by atoms with E-state index in [1.165, 1.54) is 5.56 Å². The molecule has 0 fully saturated rings. The van der Waals surface area contributed by atoms with Crippen LogP contribution in [0.2, 0.25) is 0 Å². The Bertz CT molecular complexity index is 711. The van der Waals surface area contributed by atoms with Gasteiger partial charge in [0.15, 0.2) is 6.10 Å². The van der Waals surface area contributed by atoms with E-state index >= 15 is 0 Å². The number of hydrogen-bond donors (Lipinski definition) is 2. The van der Waals surface area contributed by atoms with Gasteiger partial charge in [0.05, 0.1) is 0 Å². The lowest BCUT2D eigenvalue weighted by atomic mass is 10.1. The van der Waals surface area contributed by atoms with Gasteiger partial charge >= 0.3 is 0 Å². The molecule has 0 saturated carbocycles. The molecule has 2 amide bonds. The van der Waals surface area contributed by atoms with Gasteiger partial charge in [0.25, 0.3) is 11.8 Å². The summed E-state index contributed by atoms with van der Waals surface area (Å²) >= 11 is 0. The van der Waals surface area contributed by atoms with E-state index in [1.54, 1.807) is 19.1 Å². The lowest BCUT2D eigenvalue weighted by molar-refractivity contribution is -0.128. The van der Waals surface area contributed by atoms with Crippen molar-refractivity contribution in [1.82, 2.24) is 10.9 Å². The van der Waals surface area contributed by atoms with Gasteiger partial charge < -0.3 is 4.74 Å². The SMILES string of the molecule is CCc1ccc(O[C@@H](C)C(=O)NNC(=O)c2ccccc2C)cc1. The summed E-state index contributed by atoms with van der Waals surface area (Å²) in [6.45, 7) is 5.54. The Kier molecular flexibility index (Phi) is 5.95. The zero-order valence-corrected chi connectivity index (χ0v) is 14.1. The van der Waals surface area contributed by atoms with Crippen LogP contribution in [0.4, 0.5) is 0 Å². The van der Waals surface area contributed by atoms with Gasteiger partial charge in [-0.1, -0.05) is 37.3 Å². The molecule has 0 aliphatic carbocycles. The number of amides is 2. The molecule has 0 spiro atoms. The van der Waals surface area contributed by atoms with E-state index in [0.29, 0.717) is 11.3 Å². The van der Waals surface area contributed by atoms with E-state index in [4.69, 9.17) is 4.74 Å². The highest BCUT2D eigenvalue weighted by Crippen LogP contribution is 2.14. The first-order chi connectivity index (χ1) is 11.5. The molecule has 2 N–H and O–H groups in total. The minimum atomic E-state index is -0.727. The highest BCUT2D eigenvalue weighted by molar-refractivity contribution is 5.96. The first-order valence-corrected chi connectivity index (χ1v) is 7.92. The van der Waals surface area contributed by atoms with Crippen LogP contribution in [-0.4, -0.2) is 17.9 Å². The van der Waals surface area contributed by atoms with Crippen LogP contribution in [0.25, 0.3) is 0 Å². The molecule has 0 aliphatic heterocycles. The highest BCUT2D eigenvalue weighted by Gasteiger charge is 2.16. The summed E-state index contributed by atoms with van der Waals surface area (Å²) in [5, 5.41) is 0. The summed E-state index contributed by atoms with van der Waals surface area (Å²) in [6.07, 6.45) is 0.219. The Labute approximate surface area is 142 Å². The molecule has 0 heterocycles. The standard InChI is InChI=1S/C19H22N2O3/c1-4-15-9-11-16(12-10-15)24-14(3)18(22)20-21-19(23)17-8-6-5-7-13(17)2/h5-12,14H,4H2,1-3H3,(H,20,22)(H,21,23)/t14-/m0/s1. The van der Waals surface area contributed by atoms with Crippen molar-refractivity contribution in [2.75, 3.05) is 0 Å². The van der Waals surface area contributed by atoms with Crippen molar-refractivity contribution < 1.29 is 14.3 Å². The third kappa shape index (κ3) is 4.59. The normalized spacial score (nSPS) is 11.5. The van der Waals surface area contributed by atoms with Crippen LogP contribution in [0.1, 0.15) is 35.3 Å². The molecule has 5 heteroatoms. The van der Waals surface area contributed by atoms with Crippen LogP contribution >= 0.6 is 0 Å². The number of aryl methyl sites for hydroxylation is 2. The van der Waals surface area contributed by atoms with Crippen molar-refractivity contribution in [3.63, 3.8) is 0 Å². The third-order valence-electron chi connectivity index (χ3n) is 3.70. The van der Waals surface area contributed by atoms with Crippen molar-refractivity contribution >= 4 is 11.8 Å². The largest absolute Gasteiger partial charge is 0.481 e. The van der Waals surface area contributed by atoms with E-state index in [-0.39, 0.29) is 5.91 Å². The van der Waals surface area contributed by atoms with Crippen LogP contribution in [0, 0.1) is 6.92 Å². The van der Waals surface area contributed by atoms with Crippen LogP contribution in [0.15, 0.2) is 48.5 Å². The zero-order valence-electron chi connectivity index (χ0n) is 14.1. The third-order valence-corrected chi connectivity index (χ3v) is 3.70. The van der Waals surface area contributed by atoms with E-state index in [9.17, 15) is 9.59 Å². The Morgan fingerprint density at radius 3 is 2.33 bits per heavy atom. The number of carbonyl (C=O) groups excluding carboxylic acids is 2. The molecule has 0 radical (unpaired) electrons. The van der Waals surface area contributed by atoms with Crippen molar-refractivity contribution in [3.8, 4) is 5.75 Å². The molecule has 2 aromatic rings. The average Bonchev–Trinajstić information content (AvgIpc) is 2.60. The quantitative estimate of drug-likeness (QED) is 0.830. The van der Waals surface area contributed by atoms with Gasteiger partial charge in [0.2, 0.25) is 0 Å². The summed E-state index contributed by atoms with van der Waals surface area (Å²) < 4.78 is 5.57. The van der Waals surface area contributed by atoms with Gasteiger partial charge in [-0.05, 0) is 49.6 Å². The molecule has 0 unspecified atom stereocenters. The summed E-state index contributed by atoms with van der Waals surface area (Å²) in [7, 11) is 0. The predicted molar refractivity (Wildman–Crippen MR) is 92.7 cm³/mol. The maximum atomic E-state index is 12.1. The predicted octanol–water partition coefficient (Wildman–Crippen LogP) is 2.79. The molecule has 126 valence electrons. The number of hydrazine groups is 1. The van der Waals surface area contributed by atoms with Crippen molar-refractivity contribution in [3.05, 3.63) is 65.2 Å². The van der Waals surface area contributed by atoms with E-state index < -0.39 is 12.0 Å². The number of rotatable bonds is 5. The Hall–Kier alpha value is -2.82. The molecule has 2 aromatic carbocycles. The van der Waals surface area contributed by atoms with E-state index in [1.807, 2.05) is 43.3 Å². The lowest BCUT2D eigenvalue weighted by Gasteiger charge is -2.15. The van der Waals surface area contributed by atoms with E-state index in [2.05, 4.69) is 17.8 Å². The number of hydrogen-bond acceptors (Lipinski definition) is 3. The molecule has 1 atom stereocenters. The second-order valence-electron chi connectivity index (χ2n) is 5.52. The van der Waals surface area contributed by atoms with Gasteiger partial charge in [-0.3, -0.25) is 20.4 Å². The lowest BCUT2D eigenvalue weighted by Crippen LogP contribution is -2.47. The Morgan fingerprint density at radius 1 is 1.04 bits per heavy atom. The summed E-state index contributed by atoms with van der Waals surface area (Å²) in [5.74, 6) is -0.169. The fraction of sp³-hybridized carbons (Fsp3) is 0.263. The van der Waals surface area contributed by atoms with Crippen LogP contribution in [-0.2, 0) is 11.2 Å². The first kappa shape index (κ1) is 17.5. The van der Waals surface area contributed by atoms with Crippen LogP contribution < -0.4 is 15.6 Å². The fourth-order valence-corrected chi connectivity index (χ4v) is 2.18.